The molecule has 3 aromatic carbocycles. The van der Waals surface area contributed by atoms with E-state index in [0.717, 1.165) is 28.6 Å². The molecule has 4 aromatic rings. The summed E-state index contributed by atoms with van der Waals surface area (Å²) in [4.78, 5) is 6.52. The summed E-state index contributed by atoms with van der Waals surface area (Å²) in [5.74, 6) is 2.57. The number of nitrogens with one attached hydrogen (secondary N) is 2. The maximum absolute atomic E-state index is 5.81. The molecule has 0 bridgehead atoms. The van der Waals surface area contributed by atoms with Gasteiger partial charge in [-0.25, -0.2) is 0 Å². The molecule has 0 aliphatic heterocycles. The van der Waals surface area contributed by atoms with E-state index in [1.54, 1.807) is 6.20 Å². The zero-order chi connectivity index (χ0) is 20.8. The number of hydrogen-bond acceptors (Lipinski definition) is 7. The third-order valence-corrected chi connectivity index (χ3v) is 4.30. The predicted octanol–water partition coefficient (Wildman–Crippen LogP) is 5.22. The molecule has 0 saturated heterocycles. The second kappa shape index (κ2) is 8.91. The lowest BCUT2D eigenvalue weighted by Gasteiger charge is -2.13. The van der Waals surface area contributed by atoms with Crippen LogP contribution in [0, 0.1) is 0 Å². The third-order valence-electron chi connectivity index (χ3n) is 4.30. The van der Waals surface area contributed by atoms with Crippen LogP contribution in [0.2, 0.25) is 0 Å². The van der Waals surface area contributed by atoms with Crippen LogP contribution in [0.25, 0.3) is 0 Å². The number of ether oxygens (including phenoxy) is 1. The Balaban J connectivity index is 1.40. The minimum Gasteiger partial charge on any atom is -0.457 e. The summed E-state index contributed by atoms with van der Waals surface area (Å²) in [7, 11) is 4.01. The van der Waals surface area contributed by atoms with Crippen LogP contribution in [-0.4, -0.2) is 29.3 Å². The van der Waals surface area contributed by atoms with E-state index in [-0.39, 0.29) is 0 Å². The molecule has 0 spiro atoms. The summed E-state index contributed by atoms with van der Waals surface area (Å²) in [5.41, 5.74) is 2.88. The molecule has 7 heteroatoms. The predicted molar refractivity (Wildman–Crippen MR) is 120 cm³/mol. The fraction of sp³-hybridized carbons (Fsp3) is 0.0870. The molecule has 1 aromatic heterocycles. The van der Waals surface area contributed by atoms with Crippen molar-refractivity contribution in [1.29, 1.82) is 0 Å². The van der Waals surface area contributed by atoms with Crippen LogP contribution in [0.3, 0.4) is 0 Å². The molecular weight excluding hydrogens is 376 g/mol. The minimum atomic E-state index is 0.418. The lowest BCUT2D eigenvalue weighted by molar-refractivity contribution is 0.483. The van der Waals surface area contributed by atoms with Crippen molar-refractivity contribution in [1.82, 2.24) is 15.2 Å². The first-order valence-corrected chi connectivity index (χ1v) is 9.50. The molecule has 0 atom stereocenters. The molecule has 1 heterocycles. The monoisotopic (exact) mass is 398 g/mol. The zero-order valence-electron chi connectivity index (χ0n) is 16.8. The molecule has 2 N–H and O–H groups in total. The van der Waals surface area contributed by atoms with Gasteiger partial charge in [0.15, 0.2) is 5.82 Å². The average molecular weight is 398 g/mol. The van der Waals surface area contributed by atoms with Gasteiger partial charge in [0.2, 0.25) is 5.95 Å². The van der Waals surface area contributed by atoms with Crippen LogP contribution in [-0.2, 0) is 0 Å². The molecule has 4 rings (SSSR count). The van der Waals surface area contributed by atoms with Gasteiger partial charge in [0, 0.05) is 31.2 Å². The molecule has 30 heavy (non-hydrogen) atoms. The first-order valence-electron chi connectivity index (χ1n) is 9.50. The van der Waals surface area contributed by atoms with E-state index >= 15 is 0 Å². The average Bonchev–Trinajstić information content (AvgIpc) is 2.77. The van der Waals surface area contributed by atoms with E-state index in [2.05, 4.69) is 25.8 Å². The van der Waals surface area contributed by atoms with Gasteiger partial charge in [-0.15, -0.1) is 5.10 Å². The van der Waals surface area contributed by atoms with Gasteiger partial charge >= 0.3 is 0 Å². The van der Waals surface area contributed by atoms with Gasteiger partial charge < -0.3 is 20.3 Å². The Morgan fingerprint density at radius 3 is 2.07 bits per heavy atom. The number of nitrogens with zero attached hydrogens (tertiary/aromatic N) is 4. The summed E-state index contributed by atoms with van der Waals surface area (Å²) in [5, 5.41) is 14.5. The zero-order valence-corrected chi connectivity index (χ0v) is 16.8. The molecule has 0 saturated carbocycles. The summed E-state index contributed by atoms with van der Waals surface area (Å²) in [6, 6.07) is 25.3. The second-order valence-electron chi connectivity index (χ2n) is 6.80. The fourth-order valence-corrected chi connectivity index (χ4v) is 2.77. The molecule has 150 valence electrons. The van der Waals surface area contributed by atoms with Crippen molar-refractivity contribution < 1.29 is 4.74 Å². The highest BCUT2D eigenvalue weighted by atomic mass is 16.5. The van der Waals surface area contributed by atoms with E-state index in [1.807, 2.05) is 97.9 Å². The second-order valence-corrected chi connectivity index (χ2v) is 6.80. The molecule has 7 nitrogen and oxygen atoms in total. The Morgan fingerprint density at radius 2 is 1.37 bits per heavy atom. The molecular formula is C23H22N6O. The van der Waals surface area contributed by atoms with Crippen LogP contribution in [0.4, 0.5) is 28.8 Å². The summed E-state index contributed by atoms with van der Waals surface area (Å²) < 4.78 is 5.81. The quantitative estimate of drug-likeness (QED) is 0.442. The van der Waals surface area contributed by atoms with Crippen molar-refractivity contribution in [3.8, 4) is 11.5 Å². The third kappa shape index (κ3) is 5.02. The van der Waals surface area contributed by atoms with Gasteiger partial charge in [0.1, 0.15) is 11.5 Å². The summed E-state index contributed by atoms with van der Waals surface area (Å²) >= 11 is 0. The normalized spacial score (nSPS) is 10.3. The van der Waals surface area contributed by atoms with Gasteiger partial charge in [-0.2, -0.15) is 10.1 Å². The summed E-state index contributed by atoms with van der Waals surface area (Å²) in [6.45, 7) is 0. The standard InChI is InChI=1S/C23H22N6O/c1-29(2)19-12-8-18(9-13-19)26-23-27-22(16-24-28-23)25-17-10-14-21(15-11-17)30-20-6-4-3-5-7-20/h3-16H,1-2H3,(H2,25,26,27,28). The smallest absolute Gasteiger partial charge is 0.249 e. The molecule has 0 aliphatic rings. The van der Waals surface area contributed by atoms with Gasteiger partial charge in [0.25, 0.3) is 0 Å². The van der Waals surface area contributed by atoms with Crippen LogP contribution >= 0.6 is 0 Å². The van der Waals surface area contributed by atoms with Crippen LogP contribution in [0.5, 0.6) is 11.5 Å². The first-order chi connectivity index (χ1) is 14.7. The van der Waals surface area contributed by atoms with Crippen molar-refractivity contribution in [2.45, 2.75) is 0 Å². The Morgan fingerprint density at radius 1 is 0.733 bits per heavy atom. The Hall–Kier alpha value is -4.13. The van der Waals surface area contributed by atoms with Gasteiger partial charge in [-0.3, -0.25) is 0 Å². The van der Waals surface area contributed by atoms with Gasteiger partial charge in [-0.05, 0) is 60.7 Å². The number of anilines is 5. The molecule has 0 fully saturated rings. The maximum atomic E-state index is 5.81. The van der Waals surface area contributed by atoms with Crippen molar-refractivity contribution in [3.05, 3.63) is 85.1 Å². The highest BCUT2D eigenvalue weighted by Crippen LogP contribution is 2.24. The van der Waals surface area contributed by atoms with Crippen molar-refractivity contribution in [3.63, 3.8) is 0 Å². The number of rotatable bonds is 7. The van der Waals surface area contributed by atoms with Crippen LogP contribution in [0.15, 0.2) is 85.1 Å². The SMILES string of the molecule is CN(C)c1ccc(Nc2nncc(Nc3ccc(Oc4ccccc4)cc3)n2)cc1. The van der Waals surface area contributed by atoms with E-state index in [9.17, 15) is 0 Å². The minimum absolute atomic E-state index is 0.418. The number of hydrogen-bond donors (Lipinski definition) is 2. The topological polar surface area (TPSA) is 75.2 Å². The first kappa shape index (κ1) is 19.2. The molecule has 0 unspecified atom stereocenters. The van der Waals surface area contributed by atoms with E-state index in [1.165, 1.54) is 0 Å². The number of benzene rings is 3. The molecule has 0 radical (unpaired) electrons. The van der Waals surface area contributed by atoms with Crippen LogP contribution < -0.4 is 20.3 Å². The Kier molecular flexibility index (Phi) is 5.70. The van der Waals surface area contributed by atoms with Crippen molar-refractivity contribution in [2.75, 3.05) is 29.6 Å². The lowest BCUT2D eigenvalue weighted by Crippen LogP contribution is -2.08. The lowest BCUT2D eigenvalue weighted by atomic mass is 10.2. The van der Waals surface area contributed by atoms with E-state index < -0.39 is 0 Å². The van der Waals surface area contributed by atoms with E-state index in [4.69, 9.17) is 4.74 Å². The van der Waals surface area contributed by atoms with Crippen molar-refractivity contribution >= 4 is 28.8 Å². The highest BCUT2D eigenvalue weighted by molar-refractivity contribution is 5.61. The number of aromatic nitrogens is 3. The largest absolute Gasteiger partial charge is 0.457 e. The van der Waals surface area contributed by atoms with Crippen LogP contribution in [0.1, 0.15) is 0 Å². The summed E-state index contributed by atoms with van der Waals surface area (Å²) in [6.07, 6.45) is 1.58. The number of para-hydroxylation sites is 1. The van der Waals surface area contributed by atoms with Crippen molar-refractivity contribution in [2.24, 2.45) is 0 Å². The maximum Gasteiger partial charge on any atom is 0.249 e. The van der Waals surface area contributed by atoms with Gasteiger partial charge in [-0.1, -0.05) is 18.2 Å². The Bertz CT molecular complexity index is 1080. The molecule has 0 amide bonds. The fourth-order valence-electron chi connectivity index (χ4n) is 2.77. The highest BCUT2D eigenvalue weighted by Gasteiger charge is 2.04. The Labute approximate surface area is 175 Å². The van der Waals surface area contributed by atoms with E-state index in [0.29, 0.717) is 11.8 Å². The van der Waals surface area contributed by atoms with Gasteiger partial charge in [0.05, 0.1) is 6.20 Å². The molecule has 0 aliphatic carbocycles.